The first kappa shape index (κ1) is 18.8. The SMILES string of the molecule is Cc1ncc(-c2ccc3[nH]nc(-c4nc5c([nH]4)CC(N)=CC=C5c4cccs4)c3n2)n1C. The third-order valence-electron chi connectivity index (χ3n) is 5.78. The van der Waals surface area contributed by atoms with E-state index in [0.29, 0.717) is 17.9 Å². The molecule has 0 radical (unpaired) electrons. The zero-order valence-electron chi connectivity index (χ0n) is 17.5. The van der Waals surface area contributed by atoms with Gasteiger partial charge in [-0.2, -0.15) is 5.10 Å². The van der Waals surface area contributed by atoms with Crippen LogP contribution in [0.15, 0.2) is 53.7 Å². The molecule has 0 fully saturated rings. The van der Waals surface area contributed by atoms with Crippen LogP contribution in [0, 0.1) is 6.92 Å². The van der Waals surface area contributed by atoms with Gasteiger partial charge in [0.15, 0.2) is 11.5 Å². The summed E-state index contributed by atoms with van der Waals surface area (Å²) in [6.07, 6.45) is 6.44. The summed E-state index contributed by atoms with van der Waals surface area (Å²) in [5.74, 6) is 1.60. The molecule has 158 valence electrons. The molecule has 5 heterocycles. The molecule has 1 aliphatic rings. The third-order valence-corrected chi connectivity index (χ3v) is 6.68. The van der Waals surface area contributed by atoms with Crippen molar-refractivity contribution < 1.29 is 0 Å². The van der Waals surface area contributed by atoms with Gasteiger partial charge in [0, 0.05) is 35.3 Å². The minimum atomic E-state index is 0.600. The number of nitrogens with zero attached hydrogens (tertiary/aromatic N) is 5. The Bertz CT molecular complexity index is 1530. The Kier molecular flexibility index (Phi) is 4.12. The summed E-state index contributed by atoms with van der Waals surface area (Å²) in [6.45, 7) is 1.97. The molecule has 5 aromatic rings. The largest absolute Gasteiger partial charge is 0.402 e. The molecule has 0 aliphatic heterocycles. The van der Waals surface area contributed by atoms with E-state index >= 15 is 0 Å². The van der Waals surface area contributed by atoms with E-state index in [4.69, 9.17) is 15.7 Å². The number of allylic oxidation sites excluding steroid dienone is 3. The van der Waals surface area contributed by atoms with Crippen molar-refractivity contribution in [1.29, 1.82) is 0 Å². The molecular formula is C23H20N8S. The minimum Gasteiger partial charge on any atom is -0.402 e. The number of hydrogen-bond donors (Lipinski definition) is 3. The van der Waals surface area contributed by atoms with Gasteiger partial charge in [0.2, 0.25) is 0 Å². The van der Waals surface area contributed by atoms with E-state index in [1.165, 1.54) is 0 Å². The molecule has 0 atom stereocenters. The average Bonchev–Trinajstić information content (AvgIpc) is 3.56. The number of aromatic amines is 2. The molecule has 0 amide bonds. The Labute approximate surface area is 187 Å². The fraction of sp³-hybridized carbons (Fsp3) is 0.130. The maximum atomic E-state index is 6.21. The van der Waals surface area contributed by atoms with Gasteiger partial charge in [0.05, 0.1) is 28.8 Å². The number of hydrogen-bond acceptors (Lipinski definition) is 6. The second-order valence-corrected chi connectivity index (χ2v) is 8.75. The van der Waals surface area contributed by atoms with E-state index < -0.39 is 0 Å². The highest BCUT2D eigenvalue weighted by Crippen LogP contribution is 2.34. The summed E-state index contributed by atoms with van der Waals surface area (Å²) in [5, 5.41) is 9.68. The zero-order valence-corrected chi connectivity index (χ0v) is 18.4. The van der Waals surface area contributed by atoms with Crippen molar-refractivity contribution in [1.82, 2.24) is 34.7 Å². The molecule has 0 saturated carbocycles. The fourth-order valence-corrected chi connectivity index (χ4v) is 4.73. The Morgan fingerprint density at radius 1 is 1.12 bits per heavy atom. The van der Waals surface area contributed by atoms with Crippen molar-refractivity contribution >= 4 is 27.9 Å². The summed E-state index contributed by atoms with van der Waals surface area (Å²) >= 11 is 1.68. The minimum absolute atomic E-state index is 0.600. The Hall–Kier alpha value is -3.98. The Morgan fingerprint density at radius 3 is 2.81 bits per heavy atom. The second kappa shape index (κ2) is 7.03. The molecule has 4 N–H and O–H groups in total. The number of pyridine rings is 1. The quantitative estimate of drug-likeness (QED) is 0.393. The summed E-state index contributed by atoms with van der Waals surface area (Å²) < 4.78 is 2.02. The van der Waals surface area contributed by atoms with Gasteiger partial charge in [-0.1, -0.05) is 6.07 Å². The number of rotatable bonds is 3. The topological polar surface area (TPSA) is 114 Å². The third kappa shape index (κ3) is 2.89. The van der Waals surface area contributed by atoms with Gasteiger partial charge in [-0.25, -0.2) is 15.0 Å². The first-order valence-electron chi connectivity index (χ1n) is 10.2. The molecule has 32 heavy (non-hydrogen) atoms. The highest BCUT2D eigenvalue weighted by atomic mass is 32.1. The first-order valence-corrected chi connectivity index (χ1v) is 11.1. The van der Waals surface area contributed by atoms with E-state index in [0.717, 1.165) is 55.8 Å². The lowest BCUT2D eigenvalue weighted by Gasteiger charge is -2.03. The van der Waals surface area contributed by atoms with Crippen molar-refractivity contribution in [2.45, 2.75) is 13.3 Å². The molecule has 6 rings (SSSR count). The van der Waals surface area contributed by atoms with Crippen molar-refractivity contribution in [3.05, 3.63) is 75.8 Å². The number of H-pyrrole nitrogens is 2. The lowest BCUT2D eigenvalue weighted by molar-refractivity contribution is 0.862. The van der Waals surface area contributed by atoms with Crippen molar-refractivity contribution in [3.63, 3.8) is 0 Å². The zero-order chi connectivity index (χ0) is 21.8. The highest BCUT2D eigenvalue weighted by molar-refractivity contribution is 7.11. The van der Waals surface area contributed by atoms with Crippen molar-refractivity contribution in [2.75, 3.05) is 0 Å². The van der Waals surface area contributed by atoms with Gasteiger partial charge in [0.1, 0.15) is 11.3 Å². The smallest absolute Gasteiger partial charge is 0.161 e. The predicted molar refractivity (Wildman–Crippen MR) is 126 cm³/mol. The summed E-state index contributed by atoms with van der Waals surface area (Å²) in [4.78, 5) is 18.9. The van der Waals surface area contributed by atoms with E-state index in [9.17, 15) is 0 Å². The maximum absolute atomic E-state index is 6.21. The van der Waals surface area contributed by atoms with Crippen LogP contribution in [0.4, 0.5) is 0 Å². The standard InChI is InChI=1S/C23H20N8S/c1-12-25-11-18(31(12)2)15-7-8-16-21(26-15)22(30-29-16)23-27-17-10-13(24)5-6-14(20(17)28-23)19-4-3-9-32-19/h3-9,11H,10,24H2,1-2H3,(H,27,28)(H,29,30). The number of nitrogens with one attached hydrogen (secondary N) is 2. The molecule has 0 aromatic carbocycles. The van der Waals surface area contributed by atoms with Gasteiger partial charge >= 0.3 is 0 Å². The second-order valence-electron chi connectivity index (χ2n) is 7.80. The summed E-state index contributed by atoms with van der Waals surface area (Å²) in [7, 11) is 1.99. The Morgan fingerprint density at radius 2 is 2.03 bits per heavy atom. The van der Waals surface area contributed by atoms with Crippen molar-refractivity contribution in [3.8, 4) is 22.9 Å². The monoisotopic (exact) mass is 440 g/mol. The normalized spacial score (nSPS) is 13.7. The molecular weight excluding hydrogens is 420 g/mol. The van der Waals surface area contributed by atoms with Crippen LogP contribution in [0.1, 0.15) is 22.1 Å². The molecule has 0 spiro atoms. The first-order chi connectivity index (χ1) is 15.6. The van der Waals surface area contributed by atoms with Gasteiger partial charge in [-0.05, 0) is 42.7 Å². The number of fused-ring (bicyclic) bond motifs is 2. The fourth-order valence-electron chi connectivity index (χ4n) is 3.98. The van der Waals surface area contributed by atoms with Crippen LogP contribution in [-0.2, 0) is 13.5 Å². The van der Waals surface area contributed by atoms with Crippen LogP contribution in [-0.4, -0.2) is 34.7 Å². The molecule has 0 unspecified atom stereocenters. The van der Waals surface area contributed by atoms with Crippen LogP contribution >= 0.6 is 11.3 Å². The van der Waals surface area contributed by atoms with E-state index in [2.05, 4.69) is 31.6 Å². The van der Waals surface area contributed by atoms with Crippen LogP contribution in [0.5, 0.6) is 0 Å². The number of aromatic nitrogens is 7. The molecule has 1 aliphatic carbocycles. The number of thiophene rings is 1. The van der Waals surface area contributed by atoms with E-state index in [-0.39, 0.29) is 0 Å². The van der Waals surface area contributed by atoms with Gasteiger partial charge in [0.25, 0.3) is 0 Å². The van der Waals surface area contributed by atoms with Gasteiger partial charge < -0.3 is 15.3 Å². The van der Waals surface area contributed by atoms with Gasteiger partial charge in [-0.15, -0.1) is 11.3 Å². The summed E-state index contributed by atoms with van der Waals surface area (Å²) in [6, 6.07) is 8.10. The van der Waals surface area contributed by atoms with Crippen LogP contribution in [0.25, 0.3) is 39.5 Å². The lowest BCUT2D eigenvalue weighted by Crippen LogP contribution is -2.01. The lowest BCUT2D eigenvalue weighted by atomic mass is 10.1. The number of nitrogens with two attached hydrogens (primary N) is 1. The van der Waals surface area contributed by atoms with Crippen LogP contribution in [0.2, 0.25) is 0 Å². The molecule has 5 aromatic heterocycles. The molecule has 8 nitrogen and oxygen atoms in total. The molecule has 0 saturated heterocycles. The van der Waals surface area contributed by atoms with Crippen LogP contribution in [0.3, 0.4) is 0 Å². The van der Waals surface area contributed by atoms with Crippen molar-refractivity contribution in [2.24, 2.45) is 12.8 Å². The maximum Gasteiger partial charge on any atom is 0.161 e. The Balaban J connectivity index is 1.49. The average molecular weight is 441 g/mol. The highest BCUT2D eigenvalue weighted by Gasteiger charge is 2.22. The molecule has 9 heteroatoms. The predicted octanol–water partition coefficient (Wildman–Crippen LogP) is 3.95. The van der Waals surface area contributed by atoms with E-state index in [1.807, 2.05) is 55.1 Å². The summed E-state index contributed by atoms with van der Waals surface area (Å²) in [5.41, 5.74) is 14.0. The number of aryl methyl sites for hydroxylation is 1. The van der Waals surface area contributed by atoms with E-state index in [1.54, 1.807) is 11.3 Å². The molecule has 0 bridgehead atoms. The van der Waals surface area contributed by atoms with Crippen LogP contribution < -0.4 is 5.73 Å². The number of imidazole rings is 2. The van der Waals surface area contributed by atoms with Gasteiger partial charge in [-0.3, -0.25) is 5.10 Å².